The zero-order valence-corrected chi connectivity index (χ0v) is 13.7. The highest BCUT2D eigenvalue weighted by atomic mass is 16.6. The molecule has 2 rings (SSSR count). The number of amides is 1. The second-order valence-electron chi connectivity index (χ2n) is 5.46. The molecule has 6 heteroatoms. The van der Waals surface area contributed by atoms with E-state index in [1.165, 1.54) is 12.1 Å². The smallest absolute Gasteiger partial charge is 0.272 e. The highest BCUT2D eigenvalue weighted by Crippen LogP contribution is 2.20. The molecule has 0 spiro atoms. The summed E-state index contributed by atoms with van der Waals surface area (Å²) in [4.78, 5) is 22.6. The number of nitro groups is 1. The van der Waals surface area contributed by atoms with Crippen LogP contribution in [0, 0.1) is 28.4 Å². The summed E-state index contributed by atoms with van der Waals surface area (Å²) in [6.07, 6.45) is 2.01. The summed E-state index contributed by atoms with van der Waals surface area (Å²) in [5.74, 6) is -0.498. The fourth-order valence-corrected chi connectivity index (χ4v) is 2.29. The van der Waals surface area contributed by atoms with Crippen LogP contribution in [0.25, 0.3) is 6.08 Å². The number of carbonyl (C=O) groups is 1. The molecule has 126 valence electrons. The number of rotatable bonds is 6. The van der Waals surface area contributed by atoms with E-state index in [0.29, 0.717) is 24.1 Å². The molecule has 6 nitrogen and oxygen atoms in total. The Bertz CT molecular complexity index is 852. The molecule has 0 heterocycles. The van der Waals surface area contributed by atoms with Gasteiger partial charge in [-0.3, -0.25) is 14.9 Å². The SMILES string of the molecule is Cc1ccc(C=C(C#N)C(=O)NCCc2ccccc2)cc1[N+](=O)[O-]. The van der Waals surface area contributed by atoms with Gasteiger partial charge in [0, 0.05) is 18.2 Å². The third-order valence-corrected chi connectivity index (χ3v) is 3.65. The van der Waals surface area contributed by atoms with Crippen molar-refractivity contribution in [3.8, 4) is 6.07 Å². The van der Waals surface area contributed by atoms with Gasteiger partial charge in [-0.15, -0.1) is 0 Å². The van der Waals surface area contributed by atoms with Crippen LogP contribution in [0.2, 0.25) is 0 Å². The zero-order valence-electron chi connectivity index (χ0n) is 13.7. The minimum absolute atomic E-state index is 0.0458. The lowest BCUT2D eigenvalue weighted by Gasteiger charge is -2.05. The first-order valence-electron chi connectivity index (χ1n) is 7.70. The minimum Gasteiger partial charge on any atom is -0.351 e. The first kappa shape index (κ1) is 17.9. The molecule has 0 unspecified atom stereocenters. The van der Waals surface area contributed by atoms with Crippen molar-refractivity contribution in [3.05, 3.63) is 80.9 Å². The minimum atomic E-state index is -0.498. The van der Waals surface area contributed by atoms with E-state index in [1.807, 2.05) is 36.4 Å². The standard InChI is InChI=1S/C19H17N3O3/c1-14-7-8-16(12-18(14)22(24)25)11-17(13-20)19(23)21-10-9-15-5-3-2-4-6-15/h2-8,11-12H,9-10H2,1H3,(H,21,23). The van der Waals surface area contributed by atoms with Crippen molar-refractivity contribution >= 4 is 17.7 Å². The largest absolute Gasteiger partial charge is 0.351 e. The van der Waals surface area contributed by atoms with Crippen molar-refractivity contribution in [2.24, 2.45) is 0 Å². The lowest BCUT2D eigenvalue weighted by Crippen LogP contribution is -2.26. The highest BCUT2D eigenvalue weighted by Gasteiger charge is 2.13. The molecule has 0 aliphatic rings. The van der Waals surface area contributed by atoms with E-state index < -0.39 is 10.8 Å². The van der Waals surface area contributed by atoms with Crippen LogP contribution in [0.15, 0.2) is 54.1 Å². The molecule has 2 aromatic rings. The van der Waals surface area contributed by atoms with Gasteiger partial charge in [0.25, 0.3) is 11.6 Å². The van der Waals surface area contributed by atoms with Gasteiger partial charge < -0.3 is 5.32 Å². The zero-order chi connectivity index (χ0) is 18.2. The van der Waals surface area contributed by atoms with Crippen LogP contribution in [0.1, 0.15) is 16.7 Å². The molecule has 0 aromatic heterocycles. The Hall–Kier alpha value is -3.46. The maximum atomic E-state index is 12.1. The maximum absolute atomic E-state index is 12.1. The summed E-state index contributed by atoms with van der Waals surface area (Å²) >= 11 is 0. The molecule has 1 amide bonds. The van der Waals surface area contributed by atoms with E-state index >= 15 is 0 Å². The Morgan fingerprint density at radius 1 is 1.28 bits per heavy atom. The molecule has 0 radical (unpaired) electrons. The molecule has 2 aromatic carbocycles. The van der Waals surface area contributed by atoms with Crippen molar-refractivity contribution in [1.29, 1.82) is 5.26 Å². The topological polar surface area (TPSA) is 96.0 Å². The van der Waals surface area contributed by atoms with Crippen molar-refractivity contribution in [2.45, 2.75) is 13.3 Å². The van der Waals surface area contributed by atoms with Gasteiger partial charge >= 0.3 is 0 Å². The lowest BCUT2D eigenvalue weighted by molar-refractivity contribution is -0.385. The average Bonchev–Trinajstić information content (AvgIpc) is 2.61. The fourth-order valence-electron chi connectivity index (χ4n) is 2.29. The molecule has 1 N–H and O–H groups in total. The van der Waals surface area contributed by atoms with E-state index in [1.54, 1.807) is 19.1 Å². The molecule has 0 saturated carbocycles. The monoisotopic (exact) mass is 335 g/mol. The van der Waals surface area contributed by atoms with Crippen LogP contribution in [0.3, 0.4) is 0 Å². The summed E-state index contributed by atoms with van der Waals surface area (Å²) in [5, 5.41) is 22.9. The van der Waals surface area contributed by atoms with E-state index in [-0.39, 0.29) is 11.3 Å². The summed E-state index contributed by atoms with van der Waals surface area (Å²) in [7, 11) is 0. The number of nitriles is 1. The first-order chi connectivity index (χ1) is 12.0. The van der Waals surface area contributed by atoms with Crippen molar-refractivity contribution in [3.63, 3.8) is 0 Å². The Kier molecular flexibility index (Phi) is 6.02. The number of nitrogens with one attached hydrogen (secondary N) is 1. The molecule has 25 heavy (non-hydrogen) atoms. The number of nitro benzene ring substituents is 1. The van der Waals surface area contributed by atoms with Crippen molar-refractivity contribution < 1.29 is 9.72 Å². The molecule has 0 aliphatic heterocycles. The third kappa shape index (κ3) is 5.01. The Balaban J connectivity index is 2.06. The number of hydrogen-bond donors (Lipinski definition) is 1. The lowest BCUT2D eigenvalue weighted by atomic mass is 10.1. The first-order valence-corrected chi connectivity index (χ1v) is 7.70. The number of hydrogen-bond acceptors (Lipinski definition) is 4. The second-order valence-corrected chi connectivity index (χ2v) is 5.46. The molecule has 0 saturated heterocycles. The van der Waals surface area contributed by atoms with Gasteiger partial charge in [0.1, 0.15) is 11.6 Å². The van der Waals surface area contributed by atoms with Gasteiger partial charge in [-0.05, 0) is 30.5 Å². The number of benzene rings is 2. The van der Waals surface area contributed by atoms with E-state index in [4.69, 9.17) is 0 Å². The molecule has 0 atom stereocenters. The molecular weight excluding hydrogens is 318 g/mol. The van der Waals surface area contributed by atoms with Crippen LogP contribution in [0.5, 0.6) is 0 Å². The second kappa shape index (κ2) is 8.41. The predicted octanol–water partition coefficient (Wildman–Crippen LogP) is 3.17. The van der Waals surface area contributed by atoms with E-state index in [2.05, 4.69) is 5.32 Å². The van der Waals surface area contributed by atoms with Gasteiger partial charge in [-0.2, -0.15) is 5.26 Å². The van der Waals surface area contributed by atoms with E-state index in [9.17, 15) is 20.2 Å². The van der Waals surface area contributed by atoms with Crippen LogP contribution in [-0.2, 0) is 11.2 Å². The van der Waals surface area contributed by atoms with Gasteiger partial charge in [-0.25, -0.2) is 0 Å². The average molecular weight is 335 g/mol. The summed E-state index contributed by atoms with van der Waals surface area (Å²) < 4.78 is 0. The number of nitrogens with zero attached hydrogens (tertiary/aromatic N) is 2. The maximum Gasteiger partial charge on any atom is 0.272 e. The quantitative estimate of drug-likeness (QED) is 0.379. The van der Waals surface area contributed by atoms with Crippen molar-refractivity contribution in [1.82, 2.24) is 5.32 Å². The summed E-state index contributed by atoms with van der Waals surface area (Å²) in [5.41, 5.74) is 1.90. The predicted molar refractivity (Wildman–Crippen MR) is 94.6 cm³/mol. The normalized spacial score (nSPS) is 10.8. The van der Waals surface area contributed by atoms with Gasteiger partial charge in [0.05, 0.1) is 4.92 Å². The van der Waals surface area contributed by atoms with Gasteiger partial charge in [0.15, 0.2) is 0 Å². The number of aryl methyl sites for hydroxylation is 1. The van der Waals surface area contributed by atoms with Crippen molar-refractivity contribution in [2.75, 3.05) is 6.54 Å². The van der Waals surface area contributed by atoms with Gasteiger partial charge in [0.2, 0.25) is 0 Å². The van der Waals surface area contributed by atoms with E-state index in [0.717, 1.165) is 5.56 Å². The molecular formula is C19H17N3O3. The Labute approximate surface area is 145 Å². The molecule has 0 fully saturated rings. The summed E-state index contributed by atoms with van der Waals surface area (Å²) in [6.45, 7) is 2.03. The van der Waals surface area contributed by atoms with Crippen LogP contribution < -0.4 is 5.32 Å². The summed E-state index contributed by atoms with van der Waals surface area (Å²) in [6, 6.07) is 16.1. The van der Waals surface area contributed by atoms with Gasteiger partial charge in [-0.1, -0.05) is 42.5 Å². The molecule has 0 aliphatic carbocycles. The van der Waals surface area contributed by atoms with Crippen LogP contribution in [-0.4, -0.2) is 17.4 Å². The third-order valence-electron chi connectivity index (χ3n) is 3.65. The molecule has 0 bridgehead atoms. The fraction of sp³-hybridized carbons (Fsp3) is 0.158. The highest BCUT2D eigenvalue weighted by molar-refractivity contribution is 6.01. The van der Waals surface area contributed by atoms with Crippen LogP contribution >= 0.6 is 0 Å². The number of carbonyl (C=O) groups excluding carboxylic acids is 1. The van der Waals surface area contributed by atoms with Crippen LogP contribution in [0.4, 0.5) is 5.69 Å². The Morgan fingerprint density at radius 2 is 2.00 bits per heavy atom. The Morgan fingerprint density at radius 3 is 2.64 bits per heavy atom.